The van der Waals surface area contributed by atoms with Crippen LogP contribution in [0.25, 0.3) is 33.4 Å². The van der Waals surface area contributed by atoms with E-state index in [0.29, 0.717) is 10.9 Å². The van der Waals surface area contributed by atoms with Crippen molar-refractivity contribution in [3.05, 3.63) is 69.9 Å². The second-order valence-electron chi connectivity index (χ2n) is 10.7. The lowest BCUT2D eigenvalue weighted by atomic mass is 9.89. The van der Waals surface area contributed by atoms with Gasteiger partial charge in [-0.05, 0) is 42.0 Å². The molecule has 49 heavy (non-hydrogen) atoms. The molecule has 0 aromatic heterocycles. The Morgan fingerprint density at radius 2 is 1.39 bits per heavy atom. The number of benzene rings is 3. The van der Waals surface area contributed by atoms with Crippen LogP contribution in [0, 0.1) is 0 Å². The maximum absolute atomic E-state index is 12.7. The molecule has 0 radical (unpaired) electrons. The van der Waals surface area contributed by atoms with E-state index in [2.05, 4.69) is 0 Å². The fourth-order valence-corrected chi connectivity index (χ4v) is 5.19. The van der Waals surface area contributed by atoms with Crippen molar-refractivity contribution >= 4 is 46.5 Å². The number of phenols is 1. The van der Waals surface area contributed by atoms with Crippen molar-refractivity contribution in [2.24, 2.45) is 0 Å². The molecule has 1 heterocycles. The summed E-state index contributed by atoms with van der Waals surface area (Å²) in [5, 5.41) is 57.9. The van der Waals surface area contributed by atoms with E-state index < -0.39 is 68.2 Å². The lowest BCUT2D eigenvalue weighted by molar-refractivity contribution is -0.143. The van der Waals surface area contributed by atoms with Gasteiger partial charge in [0, 0.05) is 46.4 Å². The molecule has 17 nitrogen and oxygen atoms in total. The fraction of sp³-hybridized carbons (Fsp3) is 0.250. The van der Waals surface area contributed by atoms with Gasteiger partial charge < -0.3 is 49.4 Å². The van der Waals surface area contributed by atoms with Crippen molar-refractivity contribution < 1.29 is 68.5 Å². The summed E-state index contributed by atoms with van der Waals surface area (Å²) in [4.78, 5) is 72.5. The Morgan fingerprint density at radius 1 is 0.735 bits per heavy atom. The van der Waals surface area contributed by atoms with Crippen LogP contribution >= 0.6 is 0 Å². The summed E-state index contributed by atoms with van der Waals surface area (Å²) in [6.07, 6.45) is 0. The molecule has 2 aromatic carbocycles. The van der Waals surface area contributed by atoms with Gasteiger partial charge in [0.15, 0.2) is 5.43 Å². The van der Waals surface area contributed by atoms with Crippen LogP contribution in [0.3, 0.4) is 0 Å². The van der Waals surface area contributed by atoms with E-state index in [1.54, 1.807) is 0 Å². The number of rotatable bonds is 18. The molecule has 0 bridgehead atoms. The Bertz CT molecular complexity index is 1900. The summed E-state index contributed by atoms with van der Waals surface area (Å²) in [7, 11) is 0. The zero-order chi connectivity index (χ0) is 35.8. The number of aromatic hydroxyl groups is 1. The van der Waals surface area contributed by atoms with E-state index in [-0.39, 0.29) is 64.8 Å². The minimum absolute atomic E-state index is 0.0643. The molecule has 4 rings (SSSR count). The topological polar surface area (TPSA) is 262 Å². The third-order valence-corrected chi connectivity index (χ3v) is 7.08. The molecule has 6 N–H and O–H groups in total. The number of aromatic carboxylic acids is 1. The predicted molar refractivity (Wildman–Crippen MR) is 168 cm³/mol. The smallest absolute Gasteiger partial charge is 0.336 e. The molecule has 0 amide bonds. The average Bonchev–Trinajstić information content (AvgIpc) is 2.99. The summed E-state index contributed by atoms with van der Waals surface area (Å²) in [5.41, 5.74) is 0.0607. The number of carboxylic acids is 5. The van der Waals surface area contributed by atoms with E-state index in [4.69, 9.17) is 24.1 Å². The molecule has 1 aliphatic heterocycles. The van der Waals surface area contributed by atoms with Crippen molar-refractivity contribution in [1.82, 2.24) is 4.90 Å². The Balaban J connectivity index is 1.79. The SMILES string of the molecule is O=C(O)CN(CCOCOCc1cc(-c2c3ccc(=O)cc-3oc3cc(O)ccc23)c(C(=O)O)cc1N(CC(=O)O)CC(=O)O)CC(=O)O. The molecule has 0 atom stereocenters. The van der Waals surface area contributed by atoms with E-state index in [1.165, 1.54) is 42.5 Å². The second kappa shape index (κ2) is 15.7. The summed E-state index contributed by atoms with van der Waals surface area (Å²) < 4.78 is 16.9. The highest BCUT2D eigenvalue weighted by Crippen LogP contribution is 2.43. The maximum Gasteiger partial charge on any atom is 0.336 e. The molecule has 0 saturated heterocycles. The molecule has 0 spiro atoms. The standard InChI is InChI=1S/C32H30N2O15/c35-18-1-3-20-25(8-18)49-26-9-19(36)2-4-21(26)31(20)22-7-17(15-48-16-47-6-5-33(11-27(37)38)12-28(39)40)24(10-23(22)32(45)46)34(13-29(41)42)14-30(43)44/h1-4,7-10,35H,5-6,11-16H2,(H,37,38)(H,39,40)(H,41,42)(H,43,44)(H,45,46). The van der Waals surface area contributed by atoms with Crippen molar-refractivity contribution in [2.75, 3.05) is 51.0 Å². The first-order chi connectivity index (χ1) is 23.2. The Hall–Kier alpha value is -6.04. The highest BCUT2D eigenvalue weighted by atomic mass is 16.7. The van der Waals surface area contributed by atoms with E-state index >= 15 is 0 Å². The van der Waals surface area contributed by atoms with Crippen molar-refractivity contribution in [3.63, 3.8) is 0 Å². The third-order valence-electron chi connectivity index (χ3n) is 7.08. The predicted octanol–water partition coefficient (Wildman–Crippen LogP) is 1.91. The summed E-state index contributed by atoms with van der Waals surface area (Å²) in [5.74, 6) is -6.84. The van der Waals surface area contributed by atoms with Gasteiger partial charge in [0.25, 0.3) is 0 Å². The Morgan fingerprint density at radius 3 is 2.00 bits per heavy atom. The summed E-state index contributed by atoms with van der Waals surface area (Å²) >= 11 is 0. The first-order valence-corrected chi connectivity index (χ1v) is 14.3. The van der Waals surface area contributed by atoms with Gasteiger partial charge in [0.05, 0.1) is 31.9 Å². The number of anilines is 1. The fourth-order valence-electron chi connectivity index (χ4n) is 5.19. The number of hydrogen-bond acceptors (Lipinski definition) is 12. The van der Waals surface area contributed by atoms with Gasteiger partial charge in [-0.25, -0.2) is 4.79 Å². The highest BCUT2D eigenvalue weighted by Gasteiger charge is 2.26. The number of nitrogens with zero attached hydrogens (tertiary/aromatic N) is 2. The number of aliphatic carboxylic acids is 4. The number of phenolic OH excluding ortho intramolecular Hbond substituents is 1. The first-order valence-electron chi connectivity index (χ1n) is 14.3. The largest absolute Gasteiger partial charge is 0.508 e. The molecular weight excluding hydrogens is 652 g/mol. The number of carbonyl (C=O) groups is 5. The van der Waals surface area contributed by atoms with Crippen LogP contribution in [0.5, 0.6) is 5.75 Å². The molecule has 17 heteroatoms. The van der Waals surface area contributed by atoms with Crippen LogP contribution < -0.4 is 10.3 Å². The van der Waals surface area contributed by atoms with Crippen LogP contribution in [-0.4, -0.2) is 112 Å². The quantitative estimate of drug-likeness (QED) is 0.0497. The van der Waals surface area contributed by atoms with E-state index in [0.717, 1.165) is 15.9 Å². The van der Waals surface area contributed by atoms with Crippen LogP contribution in [0.2, 0.25) is 0 Å². The number of carboxylic acid groups (broad SMARTS) is 5. The third kappa shape index (κ3) is 9.28. The molecule has 0 fully saturated rings. The van der Waals surface area contributed by atoms with Gasteiger partial charge in [-0.3, -0.25) is 28.9 Å². The van der Waals surface area contributed by atoms with E-state index in [1.807, 2.05) is 0 Å². The highest BCUT2D eigenvalue weighted by molar-refractivity contribution is 6.08. The van der Waals surface area contributed by atoms with Gasteiger partial charge in [-0.15, -0.1) is 0 Å². The van der Waals surface area contributed by atoms with Crippen molar-refractivity contribution in [2.45, 2.75) is 6.61 Å². The summed E-state index contributed by atoms with van der Waals surface area (Å²) in [6, 6.07) is 10.5. The van der Waals surface area contributed by atoms with Crippen molar-refractivity contribution in [3.8, 4) is 28.2 Å². The van der Waals surface area contributed by atoms with Gasteiger partial charge in [-0.2, -0.15) is 0 Å². The normalized spacial score (nSPS) is 11.2. The minimum atomic E-state index is -1.45. The summed E-state index contributed by atoms with van der Waals surface area (Å²) in [6.45, 7) is -3.75. The first kappa shape index (κ1) is 35.8. The molecule has 0 saturated carbocycles. The van der Waals surface area contributed by atoms with Crippen LogP contribution in [0.4, 0.5) is 5.69 Å². The minimum Gasteiger partial charge on any atom is -0.508 e. The van der Waals surface area contributed by atoms with Gasteiger partial charge in [0.2, 0.25) is 0 Å². The number of hydrogen-bond donors (Lipinski definition) is 6. The lowest BCUT2D eigenvalue weighted by Crippen LogP contribution is -2.37. The zero-order valence-electron chi connectivity index (χ0n) is 25.5. The molecule has 1 aliphatic carbocycles. The van der Waals surface area contributed by atoms with Crippen LogP contribution in [-0.2, 0) is 35.3 Å². The lowest BCUT2D eigenvalue weighted by Gasteiger charge is -2.26. The zero-order valence-corrected chi connectivity index (χ0v) is 25.5. The Kier molecular flexibility index (Phi) is 11.5. The monoisotopic (exact) mass is 682 g/mol. The number of fused-ring (bicyclic) bond motifs is 2. The van der Waals surface area contributed by atoms with Crippen molar-refractivity contribution in [1.29, 1.82) is 0 Å². The average molecular weight is 683 g/mol. The molecule has 2 aromatic rings. The second-order valence-corrected chi connectivity index (χ2v) is 10.7. The maximum atomic E-state index is 12.7. The van der Waals surface area contributed by atoms with Gasteiger partial charge in [0.1, 0.15) is 37.0 Å². The van der Waals surface area contributed by atoms with Gasteiger partial charge >= 0.3 is 29.8 Å². The molecule has 0 unspecified atom stereocenters. The van der Waals surface area contributed by atoms with Crippen LogP contribution in [0.1, 0.15) is 15.9 Å². The van der Waals surface area contributed by atoms with E-state index in [9.17, 15) is 49.2 Å². The number of ether oxygens (including phenoxy) is 2. The molecule has 2 aliphatic rings. The molecule has 258 valence electrons. The molecular formula is C32H30N2O15. The van der Waals surface area contributed by atoms with Gasteiger partial charge in [-0.1, -0.05) is 0 Å². The Labute approximate surface area is 275 Å². The van der Waals surface area contributed by atoms with Crippen LogP contribution in [0.15, 0.2) is 57.7 Å².